The maximum atomic E-state index is 10.5. The van der Waals surface area contributed by atoms with Gasteiger partial charge in [0.2, 0.25) is 5.24 Å². The Bertz CT molecular complexity index is 333. The second-order valence-corrected chi connectivity index (χ2v) is 2.91. The molecule has 0 amide bonds. The smallest absolute Gasteiger partial charge is 0.245 e. The van der Waals surface area contributed by atoms with Crippen molar-refractivity contribution in [3.05, 3.63) is 41.5 Å². The Labute approximate surface area is 82.0 Å². The third kappa shape index (κ3) is 3.01. The van der Waals surface area contributed by atoms with Gasteiger partial charge in [0.15, 0.2) is 0 Å². The summed E-state index contributed by atoms with van der Waals surface area (Å²) in [5.74, 6) is 0. The highest BCUT2D eigenvalue weighted by Gasteiger charge is 1.95. The number of hydrogen-bond acceptors (Lipinski definition) is 2. The van der Waals surface area contributed by atoms with Crippen molar-refractivity contribution >= 4 is 22.9 Å². The Morgan fingerprint density at radius 3 is 2.77 bits per heavy atom. The minimum absolute atomic E-state index is 0.455. The largest absolute Gasteiger partial charge is 0.326 e. The Morgan fingerprint density at radius 1 is 1.46 bits per heavy atom. The molecule has 1 aromatic rings. The van der Waals surface area contributed by atoms with E-state index in [1.54, 1.807) is 6.08 Å². The van der Waals surface area contributed by atoms with Crippen molar-refractivity contribution in [2.24, 2.45) is 5.73 Å². The van der Waals surface area contributed by atoms with Crippen molar-refractivity contribution in [2.45, 2.75) is 6.54 Å². The van der Waals surface area contributed by atoms with Crippen molar-refractivity contribution in [2.75, 3.05) is 0 Å². The molecule has 0 heterocycles. The molecule has 2 nitrogen and oxygen atoms in total. The molecule has 1 rings (SSSR count). The first kappa shape index (κ1) is 9.96. The van der Waals surface area contributed by atoms with Crippen LogP contribution in [0.2, 0.25) is 0 Å². The van der Waals surface area contributed by atoms with E-state index < -0.39 is 5.24 Å². The second kappa shape index (κ2) is 4.80. The molecule has 0 spiro atoms. The number of hydrogen-bond donors (Lipinski definition) is 1. The van der Waals surface area contributed by atoms with E-state index >= 15 is 0 Å². The van der Waals surface area contributed by atoms with Gasteiger partial charge in [-0.3, -0.25) is 4.79 Å². The summed E-state index contributed by atoms with van der Waals surface area (Å²) in [5, 5.41) is -0.480. The van der Waals surface area contributed by atoms with Gasteiger partial charge >= 0.3 is 0 Å². The third-order valence-corrected chi connectivity index (χ3v) is 1.79. The van der Waals surface area contributed by atoms with Crippen LogP contribution in [-0.4, -0.2) is 5.24 Å². The highest BCUT2D eigenvalue weighted by atomic mass is 35.5. The molecule has 0 aliphatic heterocycles. The summed E-state index contributed by atoms with van der Waals surface area (Å²) in [7, 11) is 0. The lowest BCUT2D eigenvalue weighted by atomic mass is 10.1. The number of carbonyl (C=O) groups excluding carboxylic acids is 1. The van der Waals surface area contributed by atoms with Crippen molar-refractivity contribution in [3.63, 3.8) is 0 Å². The number of nitrogens with two attached hydrogens (primary N) is 1. The average molecular weight is 196 g/mol. The number of halogens is 1. The Hall–Kier alpha value is -1.12. The third-order valence-electron chi connectivity index (χ3n) is 1.67. The molecular formula is C10H10ClNO. The SMILES string of the molecule is NCc1ccccc1C=CC(=O)Cl. The molecule has 0 fully saturated rings. The van der Waals surface area contributed by atoms with Gasteiger partial charge in [0.1, 0.15) is 0 Å². The molecular weight excluding hydrogens is 186 g/mol. The Morgan fingerprint density at radius 2 is 2.15 bits per heavy atom. The standard InChI is InChI=1S/C10H10ClNO/c11-10(13)6-5-8-3-1-2-4-9(8)7-12/h1-6H,7,12H2. The van der Waals surface area contributed by atoms with Gasteiger partial charge in [-0.1, -0.05) is 24.3 Å². The monoisotopic (exact) mass is 195 g/mol. The van der Waals surface area contributed by atoms with Crippen LogP contribution in [0.25, 0.3) is 6.08 Å². The van der Waals surface area contributed by atoms with Gasteiger partial charge in [0.05, 0.1) is 0 Å². The van der Waals surface area contributed by atoms with Crippen molar-refractivity contribution in [1.29, 1.82) is 0 Å². The number of rotatable bonds is 3. The molecule has 0 saturated carbocycles. The zero-order valence-corrected chi connectivity index (χ0v) is 7.79. The molecule has 2 N–H and O–H groups in total. The molecule has 3 heteroatoms. The molecule has 0 aromatic heterocycles. The highest BCUT2D eigenvalue weighted by molar-refractivity contribution is 6.66. The molecule has 0 bridgehead atoms. The summed E-state index contributed by atoms with van der Waals surface area (Å²) in [4.78, 5) is 10.5. The van der Waals surface area contributed by atoms with Crippen LogP contribution in [0.15, 0.2) is 30.3 Å². The number of benzene rings is 1. The topological polar surface area (TPSA) is 43.1 Å². The molecule has 0 radical (unpaired) electrons. The van der Waals surface area contributed by atoms with Gasteiger partial charge in [0.25, 0.3) is 0 Å². The first-order valence-corrected chi connectivity index (χ1v) is 4.27. The van der Waals surface area contributed by atoms with Gasteiger partial charge in [-0.15, -0.1) is 0 Å². The lowest BCUT2D eigenvalue weighted by Gasteiger charge is -2.00. The molecule has 0 aliphatic carbocycles. The van der Waals surface area contributed by atoms with Gasteiger partial charge in [0, 0.05) is 6.54 Å². The van der Waals surface area contributed by atoms with Crippen LogP contribution >= 0.6 is 11.6 Å². The van der Waals surface area contributed by atoms with Gasteiger partial charge in [-0.25, -0.2) is 0 Å². The first-order valence-electron chi connectivity index (χ1n) is 3.89. The quantitative estimate of drug-likeness (QED) is 0.592. The summed E-state index contributed by atoms with van der Waals surface area (Å²) in [6.07, 6.45) is 2.98. The van der Waals surface area contributed by atoms with E-state index in [-0.39, 0.29) is 0 Å². The lowest BCUT2D eigenvalue weighted by molar-refractivity contribution is -0.107. The Kier molecular flexibility index (Phi) is 3.68. The molecule has 0 saturated heterocycles. The summed E-state index contributed by atoms with van der Waals surface area (Å²) >= 11 is 5.17. The van der Waals surface area contributed by atoms with Gasteiger partial charge in [-0.2, -0.15) is 0 Å². The summed E-state index contributed by atoms with van der Waals surface area (Å²) in [5.41, 5.74) is 7.43. The summed E-state index contributed by atoms with van der Waals surface area (Å²) in [6, 6.07) is 7.59. The van der Waals surface area contributed by atoms with Crippen LogP contribution in [0.1, 0.15) is 11.1 Å². The summed E-state index contributed by atoms with van der Waals surface area (Å²) < 4.78 is 0. The fourth-order valence-electron chi connectivity index (χ4n) is 1.04. The maximum absolute atomic E-state index is 10.5. The van der Waals surface area contributed by atoms with E-state index in [1.165, 1.54) is 6.08 Å². The zero-order valence-electron chi connectivity index (χ0n) is 7.03. The molecule has 0 aliphatic rings. The minimum Gasteiger partial charge on any atom is -0.326 e. The summed E-state index contributed by atoms with van der Waals surface area (Å²) in [6.45, 7) is 0.455. The first-order chi connectivity index (χ1) is 6.24. The molecule has 1 aromatic carbocycles. The predicted octanol–water partition coefficient (Wildman–Crippen LogP) is 1.92. The van der Waals surface area contributed by atoms with Crippen molar-refractivity contribution in [3.8, 4) is 0 Å². The fraction of sp³-hybridized carbons (Fsp3) is 0.100. The molecule has 68 valence electrons. The average Bonchev–Trinajstić information content (AvgIpc) is 2.15. The van der Waals surface area contributed by atoms with Gasteiger partial charge in [-0.05, 0) is 34.9 Å². The van der Waals surface area contributed by atoms with Crippen molar-refractivity contribution in [1.82, 2.24) is 0 Å². The van der Waals surface area contributed by atoms with Crippen LogP contribution in [0.3, 0.4) is 0 Å². The van der Waals surface area contributed by atoms with Crippen LogP contribution < -0.4 is 5.73 Å². The van der Waals surface area contributed by atoms with E-state index in [0.717, 1.165) is 11.1 Å². The lowest BCUT2D eigenvalue weighted by Crippen LogP contribution is -1.98. The number of allylic oxidation sites excluding steroid dienone is 1. The van der Waals surface area contributed by atoms with Gasteiger partial charge < -0.3 is 5.73 Å². The fourth-order valence-corrected chi connectivity index (χ4v) is 1.10. The second-order valence-electron chi connectivity index (χ2n) is 2.54. The number of carbonyl (C=O) groups is 1. The zero-order chi connectivity index (χ0) is 9.68. The van der Waals surface area contributed by atoms with E-state index in [4.69, 9.17) is 17.3 Å². The highest BCUT2D eigenvalue weighted by Crippen LogP contribution is 2.09. The van der Waals surface area contributed by atoms with Crippen LogP contribution in [0.5, 0.6) is 0 Å². The normalized spacial score (nSPS) is 10.6. The van der Waals surface area contributed by atoms with E-state index in [1.807, 2.05) is 24.3 Å². The molecule has 0 atom stereocenters. The van der Waals surface area contributed by atoms with Crippen LogP contribution in [0, 0.1) is 0 Å². The van der Waals surface area contributed by atoms with E-state index in [2.05, 4.69) is 0 Å². The van der Waals surface area contributed by atoms with Crippen LogP contribution in [0.4, 0.5) is 0 Å². The molecule has 0 unspecified atom stereocenters. The predicted molar refractivity (Wildman–Crippen MR) is 54.2 cm³/mol. The van der Waals surface area contributed by atoms with Crippen molar-refractivity contribution < 1.29 is 4.79 Å². The van der Waals surface area contributed by atoms with Crippen LogP contribution in [-0.2, 0) is 11.3 Å². The minimum atomic E-state index is -0.480. The van der Waals surface area contributed by atoms with E-state index in [9.17, 15) is 4.79 Å². The Balaban J connectivity index is 2.93. The molecule has 13 heavy (non-hydrogen) atoms. The van der Waals surface area contributed by atoms with E-state index in [0.29, 0.717) is 6.54 Å². The maximum Gasteiger partial charge on any atom is 0.245 e.